The van der Waals surface area contributed by atoms with Gasteiger partial charge in [0.05, 0.1) is 12.6 Å². The maximum Gasteiger partial charge on any atom is 0.191 e. The van der Waals surface area contributed by atoms with Crippen molar-refractivity contribution >= 4 is 29.9 Å². The Labute approximate surface area is 163 Å². The molecule has 0 saturated heterocycles. The minimum absolute atomic E-state index is 0. The van der Waals surface area contributed by atoms with Gasteiger partial charge in [0.1, 0.15) is 0 Å². The second-order valence-electron chi connectivity index (χ2n) is 6.54. The predicted octanol–water partition coefficient (Wildman–Crippen LogP) is 3.71. The van der Waals surface area contributed by atoms with E-state index in [-0.39, 0.29) is 29.4 Å². The molecule has 1 aromatic carbocycles. The fourth-order valence-electron chi connectivity index (χ4n) is 2.65. The lowest BCUT2D eigenvalue weighted by Gasteiger charge is -2.16. The molecule has 0 unspecified atom stereocenters. The molecule has 0 spiro atoms. The molecule has 1 aliphatic carbocycles. The van der Waals surface area contributed by atoms with E-state index < -0.39 is 0 Å². The number of aliphatic imine (C=N–C) groups is 1. The average Bonchev–Trinajstić information content (AvgIpc) is 3.34. The molecule has 0 amide bonds. The van der Waals surface area contributed by atoms with Crippen LogP contribution in [0.2, 0.25) is 0 Å². The van der Waals surface area contributed by atoms with Crippen molar-refractivity contribution in [1.82, 2.24) is 10.6 Å². The van der Waals surface area contributed by atoms with Crippen molar-refractivity contribution in [1.29, 1.82) is 0 Å². The third-order valence-corrected chi connectivity index (χ3v) is 4.19. The topological polar surface area (TPSA) is 45.7 Å². The van der Waals surface area contributed by atoms with Crippen molar-refractivity contribution in [3.63, 3.8) is 0 Å². The fourth-order valence-corrected chi connectivity index (χ4v) is 2.65. The van der Waals surface area contributed by atoms with Gasteiger partial charge in [-0.2, -0.15) is 0 Å². The molecule has 2 rings (SSSR count). The van der Waals surface area contributed by atoms with E-state index in [0.29, 0.717) is 6.10 Å². The molecule has 24 heavy (non-hydrogen) atoms. The highest BCUT2D eigenvalue weighted by atomic mass is 127. The molecule has 1 fully saturated rings. The molecule has 2 N–H and O–H groups in total. The van der Waals surface area contributed by atoms with Crippen molar-refractivity contribution in [2.24, 2.45) is 4.99 Å². The molecule has 1 saturated carbocycles. The summed E-state index contributed by atoms with van der Waals surface area (Å²) < 4.78 is 5.57. The zero-order valence-corrected chi connectivity index (χ0v) is 17.5. The molecular weight excluding hydrogens is 413 g/mol. The first-order valence-electron chi connectivity index (χ1n) is 8.85. The van der Waals surface area contributed by atoms with Gasteiger partial charge < -0.3 is 15.4 Å². The monoisotopic (exact) mass is 445 g/mol. The lowest BCUT2D eigenvalue weighted by Crippen LogP contribution is -2.38. The van der Waals surface area contributed by atoms with Gasteiger partial charge in [0.25, 0.3) is 0 Å². The Balaban J connectivity index is 0.00000288. The Morgan fingerprint density at radius 1 is 1.21 bits per heavy atom. The Morgan fingerprint density at radius 3 is 2.50 bits per heavy atom. The molecular formula is C19H32IN3O. The summed E-state index contributed by atoms with van der Waals surface area (Å²) in [5.41, 5.74) is 1.69. The van der Waals surface area contributed by atoms with Crippen LogP contribution in [0.15, 0.2) is 35.3 Å². The molecule has 0 radical (unpaired) electrons. The van der Waals surface area contributed by atoms with Gasteiger partial charge in [-0.3, -0.25) is 4.99 Å². The Kier molecular flexibility index (Phi) is 9.66. The molecule has 1 aromatic rings. The van der Waals surface area contributed by atoms with Crippen molar-refractivity contribution in [3.05, 3.63) is 35.9 Å². The Hall–Kier alpha value is -0.820. The van der Waals surface area contributed by atoms with Crippen LogP contribution in [0.25, 0.3) is 0 Å². The van der Waals surface area contributed by atoms with E-state index in [1.54, 1.807) is 0 Å². The average molecular weight is 445 g/mol. The molecule has 1 aliphatic rings. The first-order valence-corrected chi connectivity index (χ1v) is 8.85. The van der Waals surface area contributed by atoms with E-state index in [2.05, 4.69) is 61.7 Å². The standard InChI is InChI=1S/C19H31N3O.HI/c1-4-20-18(21-13-8-14-23-16(2)3)22-15-19(11-12-19)17-9-6-5-7-10-17;/h5-7,9-10,16H,4,8,11-15H2,1-3H3,(H2,20,21,22);1H. The number of rotatable bonds is 9. The molecule has 0 bridgehead atoms. The van der Waals surface area contributed by atoms with E-state index in [1.807, 2.05) is 0 Å². The first-order chi connectivity index (χ1) is 11.2. The maximum absolute atomic E-state index is 5.57. The van der Waals surface area contributed by atoms with E-state index in [0.717, 1.165) is 38.6 Å². The highest BCUT2D eigenvalue weighted by Crippen LogP contribution is 2.48. The summed E-state index contributed by atoms with van der Waals surface area (Å²) >= 11 is 0. The smallest absolute Gasteiger partial charge is 0.191 e. The summed E-state index contributed by atoms with van der Waals surface area (Å²) in [5, 5.41) is 6.74. The molecule has 5 heteroatoms. The van der Waals surface area contributed by atoms with Crippen LogP contribution in [-0.4, -0.2) is 38.3 Å². The van der Waals surface area contributed by atoms with E-state index >= 15 is 0 Å². The third kappa shape index (κ3) is 6.97. The van der Waals surface area contributed by atoms with Crippen molar-refractivity contribution in [3.8, 4) is 0 Å². The van der Waals surface area contributed by atoms with E-state index in [9.17, 15) is 0 Å². The fraction of sp³-hybridized carbons (Fsp3) is 0.632. The summed E-state index contributed by atoms with van der Waals surface area (Å²) in [6, 6.07) is 10.8. The maximum atomic E-state index is 5.57. The molecule has 0 aliphatic heterocycles. The number of nitrogens with zero attached hydrogens (tertiary/aromatic N) is 1. The molecule has 0 atom stereocenters. The summed E-state index contributed by atoms with van der Waals surface area (Å²) in [6.45, 7) is 9.65. The van der Waals surface area contributed by atoms with Crippen LogP contribution in [-0.2, 0) is 10.2 Å². The number of guanidine groups is 1. The first kappa shape index (κ1) is 21.2. The van der Waals surface area contributed by atoms with Crippen LogP contribution in [0, 0.1) is 0 Å². The minimum Gasteiger partial charge on any atom is -0.379 e. The van der Waals surface area contributed by atoms with Crippen molar-refractivity contribution < 1.29 is 4.74 Å². The van der Waals surface area contributed by atoms with Gasteiger partial charge in [-0.05, 0) is 45.6 Å². The SMILES string of the molecule is CCNC(=NCC1(c2ccccc2)CC1)NCCCOC(C)C.I. The number of halogens is 1. The number of benzene rings is 1. The highest BCUT2D eigenvalue weighted by molar-refractivity contribution is 14.0. The van der Waals surface area contributed by atoms with Gasteiger partial charge in [-0.15, -0.1) is 24.0 Å². The van der Waals surface area contributed by atoms with Crippen molar-refractivity contribution in [2.45, 2.75) is 51.6 Å². The normalized spacial score (nSPS) is 15.8. The molecule has 4 nitrogen and oxygen atoms in total. The van der Waals surface area contributed by atoms with Crippen molar-refractivity contribution in [2.75, 3.05) is 26.2 Å². The van der Waals surface area contributed by atoms with Gasteiger partial charge in [-0.1, -0.05) is 30.3 Å². The number of ether oxygens (including phenoxy) is 1. The van der Waals surface area contributed by atoms with Crippen LogP contribution < -0.4 is 10.6 Å². The second kappa shape index (κ2) is 10.9. The summed E-state index contributed by atoms with van der Waals surface area (Å²) in [5.74, 6) is 0.916. The van der Waals surface area contributed by atoms with Gasteiger partial charge in [-0.25, -0.2) is 0 Å². The van der Waals surface area contributed by atoms with Crippen LogP contribution in [0.4, 0.5) is 0 Å². The summed E-state index contributed by atoms with van der Waals surface area (Å²) in [4.78, 5) is 4.81. The lowest BCUT2D eigenvalue weighted by atomic mass is 9.96. The zero-order valence-electron chi connectivity index (χ0n) is 15.2. The predicted molar refractivity (Wildman–Crippen MR) is 112 cm³/mol. The van der Waals surface area contributed by atoms with E-state index in [4.69, 9.17) is 9.73 Å². The summed E-state index contributed by atoms with van der Waals surface area (Å²) in [7, 11) is 0. The molecule has 136 valence electrons. The zero-order chi connectivity index (χ0) is 16.5. The highest BCUT2D eigenvalue weighted by Gasteiger charge is 2.43. The van der Waals surface area contributed by atoms with Gasteiger partial charge in [0.2, 0.25) is 0 Å². The number of hydrogen-bond acceptors (Lipinski definition) is 2. The summed E-state index contributed by atoms with van der Waals surface area (Å²) in [6.07, 6.45) is 3.77. The van der Waals surface area contributed by atoms with Gasteiger partial charge in [0.15, 0.2) is 5.96 Å². The van der Waals surface area contributed by atoms with Crippen LogP contribution in [0.1, 0.15) is 45.6 Å². The quantitative estimate of drug-likeness (QED) is 0.264. The molecule has 0 aromatic heterocycles. The number of hydrogen-bond donors (Lipinski definition) is 2. The second-order valence-corrected chi connectivity index (χ2v) is 6.54. The van der Waals surface area contributed by atoms with E-state index in [1.165, 1.54) is 18.4 Å². The number of nitrogens with one attached hydrogen (secondary N) is 2. The molecule has 0 heterocycles. The Bertz CT molecular complexity index is 487. The third-order valence-electron chi connectivity index (χ3n) is 4.19. The van der Waals surface area contributed by atoms with Gasteiger partial charge >= 0.3 is 0 Å². The largest absolute Gasteiger partial charge is 0.379 e. The minimum atomic E-state index is 0. The lowest BCUT2D eigenvalue weighted by molar-refractivity contribution is 0.0776. The Morgan fingerprint density at radius 2 is 1.92 bits per heavy atom. The van der Waals surface area contributed by atoms with Crippen LogP contribution >= 0.6 is 24.0 Å². The van der Waals surface area contributed by atoms with Gasteiger partial charge in [0, 0.05) is 25.1 Å². The van der Waals surface area contributed by atoms with Crippen LogP contribution in [0.5, 0.6) is 0 Å². The van der Waals surface area contributed by atoms with Crippen LogP contribution in [0.3, 0.4) is 0 Å².